The molecular formula is C54H105NO5. The van der Waals surface area contributed by atoms with E-state index in [0.29, 0.717) is 25.9 Å². The molecule has 6 nitrogen and oxygen atoms in total. The predicted molar refractivity (Wildman–Crippen MR) is 260 cm³/mol. The summed E-state index contributed by atoms with van der Waals surface area (Å²) in [6, 6.07) is -0.558. The predicted octanol–water partition coefficient (Wildman–Crippen LogP) is 16.1. The van der Waals surface area contributed by atoms with E-state index in [4.69, 9.17) is 4.74 Å². The highest BCUT2D eigenvalue weighted by atomic mass is 16.5. The zero-order valence-electron chi connectivity index (χ0n) is 40.5. The van der Waals surface area contributed by atoms with Crippen LogP contribution < -0.4 is 5.32 Å². The van der Waals surface area contributed by atoms with E-state index in [2.05, 4.69) is 31.3 Å². The molecule has 3 N–H and O–H groups in total. The van der Waals surface area contributed by atoms with E-state index in [1.807, 2.05) is 0 Å². The Morgan fingerprint density at radius 1 is 0.450 bits per heavy atom. The highest BCUT2D eigenvalue weighted by molar-refractivity contribution is 5.76. The third-order valence-corrected chi connectivity index (χ3v) is 12.6. The van der Waals surface area contributed by atoms with Crippen LogP contribution in [-0.2, 0) is 14.3 Å². The Hall–Kier alpha value is -1.40. The van der Waals surface area contributed by atoms with Crippen molar-refractivity contribution in [2.24, 2.45) is 0 Å². The Morgan fingerprint density at radius 2 is 0.783 bits per heavy atom. The van der Waals surface area contributed by atoms with Gasteiger partial charge in [-0.05, 0) is 57.8 Å². The summed E-state index contributed by atoms with van der Waals surface area (Å²) in [4.78, 5) is 24.5. The number of carbonyl (C=O) groups excluding carboxylic acids is 2. The lowest BCUT2D eigenvalue weighted by molar-refractivity contribution is -0.143. The third kappa shape index (κ3) is 46.1. The van der Waals surface area contributed by atoms with Gasteiger partial charge < -0.3 is 20.3 Å². The fraction of sp³-hybridized carbons (Fsp3) is 0.926. The number of esters is 1. The second kappa shape index (κ2) is 50.2. The molecule has 0 fully saturated rings. The van der Waals surface area contributed by atoms with E-state index < -0.39 is 12.1 Å². The van der Waals surface area contributed by atoms with Crippen LogP contribution in [0, 0.1) is 0 Å². The Morgan fingerprint density at radius 3 is 1.18 bits per heavy atom. The summed E-state index contributed by atoms with van der Waals surface area (Å²) in [6.45, 7) is 4.90. The fourth-order valence-electron chi connectivity index (χ4n) is 8.40. The Bertz CT molecular complexity index is 893. The van der Waals surface area contributed by atoms with E-state index in [0.717, 1.165) is 77.0 Å². The number of unbranched alkanes of at least 4 members (excludes halogenated alkanes) is 37. The number of amides is 1. The minimum atomic E-state index is -0.678. The minimum Gasteiger partial charge on any atom is -0.466 e. The van der Waals surface area contributed by atoms with Crippen LogP contribution in [-0.4, -0.2) is 47.4 Å². The molecule has 0 aliphatic carbocycles. The van der Waals surface area contributed by atoms with E-state index >= 15 is 0 Å². The average Bonchev–Trinajstić information content (AvgIpc) is 3.25. The van der Waals surface area contributed by atoms with Crippen LogP contribution >= 0.6 is 0 Å². The number of carbonyl (C=O) groups is 2. The average molecular weight is 848 g/mol. The number of hydrogen-bond donors (Lipinski definition) is 3. The highest BCUT2D eigenvalue weighted by Crippen LogP contribution is 2.17. The lowest BCUT2D eigenvalue weighted by atomic mass is 10.0. The Labute approximate surface area is 374 Å². The van der Waals surface area contributed by atoms with Crippen molar-refractivity contribution in [3.05, 3.63) is 12.2 Å². The topological polar surface area (TPSA) is 95.9 Å². The number of rotatable bonds is 50. The van der Waals surface area contributed by atoms with Crippen molar-refractivity contribution in [2.45, 2.75) is 309 Å². The second-order valence-corrected chi connectivity index (χ2v) is 18.6. The van der Waals surface area contributed by atoms with Gasteiger partial charge in [-0.1, -0.05) is 238 Å². The Balaban J connectivity index is 3.46. The van der Waals surface area contributed by atoms with Gasteiger partial charge in [0.1, 0.15) is 0 Å². The highest BCUT2D eigenvalue weighted by Gasteiger charge is 2.20. The van der Waals surface area contributed by atoms with Crippen LogP contribution in [0.1, 0.15) is 296 Å². The van der Waals surface area contributed by atoms with Gasteiger partial charge in [0.2, 0.25) is 5.91 Å². The van der Waals surface area contributed by atoms with Gasteiger partial charge in [0.15, 0.2) is 0 Å². The molecule has 0 bridgehead atoms. The number of allylic oxidation sites excluding steroid dienone is 2. The molecule has 1 amide bonds. The second-order valence-electron chi connectivity index (χ2n) is 18.6. The van der Waals surface area contributed by atoms with Crippen LogP contribution in [0.2, 0.25) is 0 Å². The smallest absolute Gasteiger partial charge is 0.305 e. The Kier molecular flexibility index (Phi) is 49.1. The molecule has 0 aliphatic heterocycles. The SMILES string of the molecule is CCCCCCCCCCCCCCCCCCCCC(=O)OCCCCC/C=C\CCCCCCCC(=O)NC(CO)C(O)CCCCCCCCCCCCCCC. The first-order valence-corrected chi connectivity index (χ1v) is 26.9. The van der Waals surface area contributed by atoms with E-state index in [1.54, 1.807) is 0 Å². The van der Waals surface area contributed by atoms with Gasteiger partial charge >= 0.3 is 5.97 Å². The van der Waals surface area contributed by atoms with Crippen molar-refractivity contribution in [2.75, 3.05) is 13.2 Å². The van der Waals surface area contributed by atoms with Crippen LogP contribution in [0.15, 0.2) is 12.2 Å². The van der Waals surface area contributed by atoms with E-state index in [-0.39, 0.29) is 18.5 Å². The molecule has 2 atom stereocenters. The zero-order valence-corrected chi connectivity index (χ0v) is 40.5. The molecular weight excluding hydrogens is 743 g/mol. The largest absolute Gasteiger partial charge is 0.466 e. The molecule has 0 radical (unpaired) electrons. The van der Waals surface area contributed by atoms with Crippen molar-refractivity contribution >= 4 is 11.9 Å². The van der Waals surface area contributed by atoms with Gasteiger partial charge in [-0.25, -0.2) is 0 Å². The third-order valence-electron chi connectivity index (χ3n) is 12.6. The number of aliphatic hydroxyl groups excluding tert-OH is 2. The standard InChI is InChI=1S/C54H105NO5/c1-3-5-7-9-11-13-15-17-18-19-20-21-23-28-32-36-40-44-48-54(59)60-49-45-41-37-33-29-25-24-27-31-35-39-43-47-53(58)55-51(50-56)52(57)46-42-38-34-30-26-22-16-14-12-10-8-6-4-2/h25,29,51-52,56-57H,3-24,26-28,30-50H2,1-2H3,(H,55,58)/b29-25-. The normalized spacial score (nSPS) is 12.7. The molecule has 0 saturated carbocycles. The maximum atomic E-state index is 12.4. The summed E-state index contributed by atoms with van der Waals surface area (Å²) < 4.78 is 5.46. The monoisotopic (exact) mass is 848 g/mol. The summed E-state index contributed by atoms with van der Waals surface area (Å²) in [5.41, 5.74) is 0. The molecule has 0 aromatic rings. The lowest BCUT2D eigenvalue weighted by Crippen LogP contribution is -2.45. The van der Waals surface area contributed by atoms with Gasteiger partial charge in [0.05, 0.1) is 25.4 Å². The summed E-state index contributed by atoms with van der Waals surface area (Å²) >= 11 is 0. The van der Waals surface area contributed by atoms with Crippen molar-refractivity contribution < 1.29 is 24.5 Å². The first-order valence-electron chi connectivity index (χ1n) is 26.9. The van der Waals surface area contributed by atoms with Crippen molar-refractivity contribution in [1.82, 2.24) is 5.32 Å². The van der Waals surface area contributed by atoms with Gasteiger partial charge in [-0.15, -0.1) is 0 Å². The van der Waals surface area contributed by atoms with Gasteiger partial charge in [-0.3, -0.25) is 9.59 Å². The van der Waals surface area contributed by atoms with E-state index in [1.165, 1.54) is 186 Å². The summed E-state index contributed by atoms with van der Waals surface area (Å²) in [7, 11) is 0. The fourth-order valence-corrected chi connectivity index (χ4v) is 8.40. The number of ether oxygens (including phenoxy) is 1. The number of aliphatic hydroxyl groups is 2. The van der Waals surface area contributed by atoms with Crippen LogP contribution in [0.3, 0.4) is 0 Å². The van der Waals surface area contributed by atoms with Crippen LogP contribution in [0.5, 0.6) is 0 Å². The summed E-state index contributed by atoms with van der Waals surface area (Å²) in [5.74, 6) is -0.0779. The molecule has 2 unspecified atom stereocenters. The first-order chi connectivity index (χ1) is 29.5. The molecule has 0 aromatic carbocycles. The summed E-state index contributed by atoms with van der Waals surface area (Å²) in [5, 5.41) is 23.2. The van der Waals surface area contributed by atoms with Gasteiger partial charge in [0, 0.05) is 12.8 Å². The lowest BCUT2D eigenvalue weighted by Gasteiger charge is -2.22. The maximum Gasteiger partial charge on any atom is 0.305 e. The molecule has 6 heteroatoms. The van der Waals surface area contributed by atoms with Crippen LogP contribution in [0.4, 0.5) is 0 Å². The molecule has 0 saturated heterocycles. The summed E-state index contributed by atoms with van der Waals surface area (Å²) in [6.07, 6.45) is 57.6. The van der Waals surface area contributed by atoms with Gasteiger partial charge in [0.25, 0.3) is 0 Å². The quantitative estimate of drug-likeness (QED) is 0.0322. The number of hydrogen-bond acceptors (Lipinski definition) is 5. The van der Waals surface area contributed by atoms with Crippen molar-refractivity contribution in [3.8, 4) is 0 Å². The van der Waals surface area contributed by atoms with Crippen LogP contribution in [0.25, 0.3) is 0 Å². The van der Waals surface area contributed by atoms with Crippen molar-refractivity contribution in [3.63, 3.8) is 0 Å². The molecule has 356 valence electrons. The zero-order chi connectivity index (χ0) is 43.7. The number of nitrogens with one attached hydrogen (secondary N) is 1. The van der Waals surface area contributed by atoms with Crippen molar-refractivity contribution in [1.29, 1.82) is 0 Å². The molecule has 0 aromatic heterocycles. The first kappa shape index (κ1) is 58.6. The molecule has 0 heterocycles. The maximum absolute atomic E-state index is 12.4. The molecule has 60 heavy (non-hydrogen) atoms. The van der Waals surface area contributed by atoms with Gasteiger partial charge in [-0.2, -0.15) is 0 Å². The molecule has 0 spiro atoms. The molecule has 0 rings (SSSR count). The minimum absolute atomic E-state index is 0.0181. The van der Waals surface area contributed by atoms with E-state index in [9.17, 15) is 19.8 Å². The molecule has 0 aliphatic rings.